The predicted molar refractivity (Wildman–Crippen MR) is 76.2 cm³/mol. The molecule has 0 aromatic carbocycles. The largest absolute Gasteiger partial charge is 0.420 e. The van der Waals surface area contributed by atoms with Crippen LogP contribution in [0.5, 0.6) is 5.88 Å². The van der Waals surface area contributed by atoms with Crippen molar-refractivity contribution in [1.29, 1.82) is 5.26 Å². The first-order chi connectivity index (χ1) is 10.1. The standard InChI is InChI=1S/C15H15N5O/c1-8(2)13-12-11(9-3-5-18-6-4-9)10(7-16)14(17)21-15(12)20-19-13/h3-6,8,11H,17H2,1-2H3,(H,19,20)/t11-/m1/s1. The third kappa shape index (κ3) is 2.03. The molecule has 0 saturated carbocycles. The van der Waals surface area contributed by atoms with E-state index in [2.05, 4.69) is 35.1 Å². The van der Waals surface area contributed by atoms with E-state index in [0.717, 1.165) is 16.8 Å². The van der Waals surface area contributed by atoms with Crippen molar-refractivity contribution in [2.24, 2.45) is 5.73 Å². The molecule has 106 valence electrons. The lowest BCUT2D eigenvalue weighted by Crippen LogP contribution is -2.21. The number of ether oxygens (including phenoxy) is 1. The van der Waals surface area contributed by atoms with Crippen molar-refractivity contribution in [3.05, 3.63) is 52.8 Å². The van der Waals surface area contributed by atoms with Gasteiger partial charge in [0.1, 0.15) is 11.6 Å². The number of aromatic nitrogens is 3. The Balaban J connectivity index is 2.25. The molecular formula is C15H15N5O. The predicted octanol–water partition coefficient (Wildman–Crippen LogP) is 2.15. The van der Waals surface area contributed by atoms with Crippen molar-refractivity contribution in [2.75, 3.05) is 0 Å². The third-order valence-corrected chi connectivity index (χ3v) is 3.59. The first kappa shape index (κ1) is 13.2. The number of allylic oxidation sites excluding steroid dienone is 1. The Hall–Kier alpha value is -2.81. The molecule has 0 bridgehead atoms. The number of rotatable bonds is 2. The second-order valence-electron chi connectivity index (χ2n) is 5.22. The number of nitrogens with one attached hydrogen (secondary N) is 1. The monoisotopic (exact) mass is 281 g/mol. The highest BCUT2D eigenvalue weighted by atomic mass is 16.5. The van der Waals surface area contributed by atoms with E-state index in [-0.39, 0.29) is 17.7 Å². The van der Waals surface area contributed by atoms with Crippen molar-refractivity contribution < 1.29 is 4.74 Å². The number of aromatic amines is 1. The lowest BCUT2D eigenvalue weighted by Gasteiger charge is -2.24. The average Bonchev–Trinajstić information content (AvgIpc) is 2.90. The molecule has 3 N–H and O–H groups in total. The van der Waals surface area contributed by atoms with E-state index >= 15 is 0 Å². The fourth-order valence-corrected chi connectivity index (χ4v) is 2.60. The number of hydrogen-bond donors (Lipinski definition) is 2. The van der Waals surface area contributed by atoms with Crippen molar-refractivity contribution in [2.45, 2.75) is 25.7 Å². The summed E-state index contributed by atoms with van der Waals surface area (Å²) in [4.78, 5) is 4.03. The van der Waals surface area contributed by atoms with Crippen LogP contribution in [0.3, 0.4) is 0 Å². The van der Waals surface area contributed by atoms with Gasteiger partial charge in [-0.15, -0.1) is 5.10 Å². The van der Waals surface area contributed by atoms with E-state index < -0.39 is 0 Å². The number of fused-ring (bicyclic) bond motifs is 1. The van der Waals surface area contributed by atoms with E-state index in [0.29, 0.717) is 11.5 Å². The molecule has 0 fully saturated rings. The maximum Gasteiger partial charge on any atom is 0.244 e. The molecule has 1 aliphatic heterocycles. The average molecular weight is 281 g/mol. The van der Waals surface area contributed by atoms with E-state index in [1.165, 1.54) is 0 Å². The molecule has 6 heteroatoms. The van der Waals surface area contributed by atoms with E-state index in [1.807, 2.05) is 12.1 Å². The topological polar surface area (TPSA) is 101 Å². The zero-order valence-electron chi connectivity index (χ0n) is 11.8. The molecule has 0 amide bonds. The van der Waals surface area contributed by atoms with Gasteiger partial charge in [-0.3, -0.25) is 10.1 Å². The van der Waals surface area contributed by atoms with Crippen LogP contribution in [0.4, 0.5) is 0 Å². The summed E-state index contributed by atoms with van der Waals surface area (Å²) in [6, 6.07) is 5.92. The molecule has 0 unspecified atom stereocenters. The molecule has 0 radical (unpaired) electrons. The minimum atomic E-state index is -0.280. The van der Waals surface area contributed by atoms with Crippen LogP contribution in [0.2, 0.25) is 0 Å². The molecule has 1 aliphatic rings. The van der Waals surface area contributed by atoms with Gasteiger partial charge in [-0.25, -0.2) is 0 Å². The van der Waals surface area contributed by atoms with Gasteiger partial charge in [-0.1, -0.05) is 13.8 Å². The number of nitriles is 1. The third-order valence-electron chi connectivity index (χ3n) is 3.59. The Bertz CT molecular complexity index is 739. The van der Waals surface area contributed by atoms with Gasteiger partial charge < -0.3 is 10.5 Å². The van der Waals surface area contributed by atoms with Gasteiger partial charge in [0.05, 0.1) is 11.5 Å². The molecule has 6 nitrogen and oxygen atoms in total. The van der Waals surface area contributed by atoms with Crippen LogP contribution in [0.25, 0.3) is 0 Å². The molecular weight excluding hydrogens is 266 g/mol. The normalized spacial score (nSPS) is 17.3. The van der Waals surface area contributed by atoms with Gasteiger partial charge in [-0.2, -0.15) is 5.26 Å². The van der Waals surface area contributed by atoms with E-state index in [9.17, 15) is 5.26 Å². The van der Waals surface area contributed by atoms with Crippen LogP contribution < -0.4 is 10.5 Å². The zero-order chi connectivity index (χ0) is 15.0. The minimum absolute atomic E-state index is 0.105. The summed E-state index contributed by atoms with van der Waals surface area (Å²) >= 11 is 0. The number of nitrogens with two attached hydrogens (primary N) is 1. The van der Waals surface area contributed by atoms with Crippen LogP contribution in [0.1, 0.15) is 42.5 Å². The SMILES string of the molecule is CC(C)c1[nH]nc2c1[C@H](c1ccncc1)C(C#N)=C(N)O2. The molecule has 2 aromatic heterocycles. The summed E-state index contributed by atoms with van der Waals surface area (Å²) in [6.45, 7) is 4.12. The van der Waals surface area contributed by atoms with Gasteiger partial charge in [-0.05, 0) is 23.6 Å². The Morgan fingerprint density at radius 3 is 2.71 bits per heavy atom. The maximum absolute atomic E-state index is 9.47. The van der Waals surface area contributed by atoms with E-state index in [4.69, 9.17) is 10.5 Å². The maximum atomic E-state index is 9.47. The summed E-state index contributed by atoms with van der Waals surface area (Å²) in [5.41, 5.74) is 9.05. The van der Waals surface area contributed by atoms with Crippen LogP contribution in [-0.4, -0.2) is 15.2 Å². The quantitative estimate of drug-likeness (QED) is 0.878. The second kappa shape index (κ2) is 4.94. The highest BCUT2D eigenvalue weighted by Gasteiger charge is 2.35. The minimum Gasteiger partial charge on any atom is -0.420 e. The first-order valence-electron chi connectivity index (χ1n) is 6.69. The number of pyridine rings is 1. The van der Waals surface area contributed by atoms with Crippen LogP contribution in [0.15, 0.2) is 36.0 Å². The molecule has 3 rings (SSSR count). The second-order valence-corrected chi connectivity index (χ2v) is 5.22. The number of nitrogens with zero attached hydrogens (tertiary/aromatic N) is 3. The fourth-order valence-electron chi connectivity index (χ4n) is 2.60. The molecule has 21 heavy (non-hydrogen) atoms. The Kier molecular flexibility index (Phi) is 3.10. The Morgan fingerprint density at radius 1 is 1.38 bits per heavy atom. The summed E-state index contributed by atoms with van der Waals surface area (Å²) < 4.78 is 5.49. The van der Waals surface area contributed by atoms with Crippen molar-refractivity contribution in [3.8, 4) is 11.9 Å². The van der Waals surface area contributed by atoms with Gasteiger partial charge in [0.25, 0.3) is 0 Å². The first-order valence-corrected chi connectivity index (χ1v) is 6.69. The van der Waals surface area contributed by atoms with Crippen molar-refractivity contribution in [1.82, 2.24) is 15.2 Å². The fraction of sp³-hybridized carbons (Fsp3) is 0.267. The van der Waals surface area contributed by atoms with Crippen molar-refractivity contribution in [3.63, 3.8) is 0 Å². The van der Waals surface area contributed by atoms with Crippen LogP contribution >= 0.6 is 0 Å². The molecule has 2 aromatic rings. The Morgan fingerprint density at radius 2 is 2.10 bits per heavy atom. The van der Waals surface area contributed by atoms with Gasteiger partial charge >= 0.3 is 0 Å². The molecule has 3 heterocycles. The number of H-pyrrole nitrogens is 1. The smallest absolute Gasteiger partial charge is 0.244 e. The van der Waals surface area contributed by atoms with Gasteiger partial charge in [0.15, 0.2) is 0 Å². The van der Waals surface area contributed by atoms with Crippen LogP contribution in [-0.2, 0) is 0 Å². The highest BCUT2D eigenvalue weighted by molar-refractivity contribution is 5.55. The van der Waals surface area contributed by atoms with Gasteiger partial charge in [0, 0.05) is 18.1 Å². The van der Waals surface area contributed by atoms with Crippen molar-refractivity contribution >= 4 is 0 Å². The summed E-state index contributed by atoms with van der Waals surface area (Å²) in [5.74, 6) is 0.497. The molecule has 0 saturated heterocycles. The summed E-state index contributed by atoms with van der Waals surface area (Å²) in [5, 5.41) is 16.7. The molecule has 0 spiro atoms. The molecule has 1 atom stereocenters. The summed E-state index contributed by atoms with van der Waals surface area (Å²) in [6.07, 6.45) is 3.40. The van der Waals surface area contributed by atoms with Crippen LogP contribution in [0, 0.1) is 11.3 Å². The lowest BCUT2D eigenvalue weighted by atomic mass is 9.83. The zero-order valence-corrected chi connectivity index (χ0v) is 11.8. The lowest BCUT2D eigenvalue weighted by molar-refractivity contribution is 0.378. The molecule has 0 aliphatic carbocycles. The Labute approximate surface area is 122 Å². The van der Waals surface area contributed by atoms with Gasteiger partial charge in [0.2, 0.25) is 11.8 Å². The number of hydrogen-bond acceptors (Lipinski definition) is 5. The van der Waals surface area contributed by atoms with E-state index in [1.54, 1.807) is 12.4 Å². The summed E-state index contributed by atoms with van der Waals surface area (Å²) in [7, 11) is 0. The highest BCUT2D eigenvalue weighted by Crippen LogP contribution is 2.44.